The lowest BCUT2D eigenvalue weighted by Gasteiger charge is -2.23. The molecule has 0 aliphatic carbocycles. The maximum atomic E-state index is 13.1. The number of hydrogen-bond acceptors (Lipinski definition) is 4. The quantitative estimate of drug-likeness (QED) is 0.857. The molecular formula is C14H11F2N3O2S. The van der Waals surface area contributed by atoms with Gasteiger partial charge in [0.1, 0.15) is 0 Å². The highest BCUT2D eigenvalue weighted by Gasteiger charge is 2.26. The van der Waals surface area contributed by atoms with Gasteiger partial charge in [0.25, 0.3) is 5.56 Å². The van der Waals surface area contributed by atoms with Gasteiger partial charge in [-0.05, 0) is 12.1 Å². The van der Waals surface area contributed by atoms with Crippen LogP contribution in [0, 0.1) is 17.6 Å². The molecule has 1 amide bonds. The number of nitrogens with one attached hydrogen (secondary N) is 1. The second kappa shape index (κ2) is 5.88. The van der Waals surface area contributed by atoms with E-state index in [0.717, 1.165) is 12.1 Å². The number of anilines is 1. The molecule has 8 heteroatoms. The van der Waals surface area contributed by atoms with E-state index in [4.69, 9.17) is 0 Å². The number of thioether (sulfide) groups is 1. The normalized spacial score (nSPS) is 16.9. The van der Waals surface area contributed by atoms with E-state index in [1.54, 1.807) is 0 Å². The zero-order valence-electron chi connectivity index (χ0n) is 11.3. The summed E-state index contributed by atoms with van der Waals surface area (Å²) in [5.41, 5.74) is -0.0407. The van der Waals surface area contributed by atoms with Gasteiger partial charge in [-0.25, -0.2) is 13.8 Å². The maximum Gasteiger partial charge on any atom is 0.254 e. The van der Waals surface area contributed by atoms with Gasteiger partial charge in [-0.3, -0.25) is 14.2 Å². The number of carbonyl (C=O) groups excluding carboxylic acids is 1. The van der Waals surface area contributed by atoms with Gasteiger partial charge < -0.3 is 5.32 Å². The highest BCUT2D eigenvalue weighted by atomic mass is 32.2. The van der Waals surface area contributed by atoms with Crippen molar-refractivity contribution in [1.29, 1.82) is 0 Å². The molecule has 2 aromatic rings. The fourth-order valence-electron chi connectivity index (χ4n) is 2.13. The molecule has 0 spiro atoms. The van der Waals surface area contributed by atoms with Crippen molar-refractivity contribution >= 4 is 23.4 Å². The average Bonchev–Trinajstić information content (AvgIpc) is 2.51. The zero-order valence-corrected chi connectivity index (χ0v) is 12.1. The van der Waals surface area contributed by atoms with Crippen LogP contribution in [0.1, 0.15) is 0 Å². The minimum absolute atomic E-state index is 0.179. The van der Waals surface area contributed by atoms with Gasteiger partial charge in [0.05, 0.1) is 5.92 Å². The number of hydrogen-bond donors (Lipinski definition) is 1. The third-order valence-corrected chi connectivity index (χ3v) is 4.43. The van der Waals surface area contributed by atoms with E-state index in [9.17, 15) is 18.4 Å². The second-order valence-electron chi connectivity index (χ2n) is 4.80. The first-order chi connectivity index (χ1) is 10.5. The Morgan fingerprint density at radius 1 is 1.32 bits per heavy atom. The highest BCUT2D eigenvalue weighted by molar-refractivity contribution is 7.99. The van der Waals surface area contributed by atoms with E-state index in [0.29, 0.717) is 10.9 Å². The van der Waals surface area contributed by atoms with Gasteiger partial charge in [-0.1, -0.05) is 11.8 Å². The van der Waals surface area contributed by atoms with E-state index in [1.165, 1.54) is 34.7 Å². The highest BCUT2D eigenvalue weighted by Crippen LogP contribution is 2.25. The molecule has 1 aliphatic heterocycles. The summed E-state index contributed by atoms with van der Waals surface area (Å²) in [6, 6.07) is 4.49. The van der Waals surface area contributed by atoms with E-state index in [2.05, 4.69) is 10.3 Å². The van der Waals surface area contributed by atoms with Gasteiger partial charge in [0, 0.05) is 36.3 Å². The van der Waals surface area contributed by atoms with Gasteiger partial charge in [0.15, 0.2) is 16.8 Å². The average molecular weight is 323 g/mol. The first kappa shape index (κ1) is 14.7. The van der Waals surface area contributed by atoms with E-state index >= 15 is 0 Å². The molecule has 0 saturated heterocycles. The van der Waals surface area contributed by atoms with Crippen LogP contribution < -0.4 is 10.9 Å². The molecule has 0 bridgehead atoms. The smallest absolute Gasteiger partial charge is 0.254 e. The molecule has 114 valence electrons. The Bertz CT molecular complexity index is 794. The van der Waals surface area contributed by atoms with Crippen molar-refractivity contribution in [2.24, 2.45) is 5.92 Å². The lowest BCUT2D eigenvalue weighted by molar-refractivity contribution is -0.119. The molecule has 1 aromatic carbocycles. The molecule has 1 aromatic heterocycles. The molecule has 5 nitrogen and oxygen atoms in total. The molecular weight excluding hydrogens is 312 g/mol. The first-order valence-corrected chi connectivity index (χ1v) is 7.48. The van der Waals surface area contributed by atoms with Crippen molar-refractivity contribution in [3.05, 3.63) is 52.5 Å². The lowest BCUT2D eigenvalue weighted by Crippen LogP contribution is -2.36. The van der Waals surface area contributed by atoms with Crippen LogP contribution in [0.15, 0.2) is 40.4 Å². The fourth-order valence-corrected chi connectivity index (χ4v) is 3.19. The molecule has 0 fully saturated rings. The Balaban J connectivity index is 1.75. The largest absolute Gasteiger partial charge is 0.326 e. The minimum Gasteiger partial charge on any atom is -0.326 e. The predicted molar refractivity (Wildman–Crippen MR) is 77.7 cm³/mol. The van der Waals surface area contributed by atoms with Gasteiger partial charge in [-0.15, -0.1) is 0 Å². The molecule has 1 aliphatic rings. The molecule has 3 rings (SSSR count). The van der Waals surface area contributed by atoms with Crippen molar-refractivity contribution in [1.82, 2.24) is 9.55 Å². The topological polar surface area (TPSA) is 64.0 Å². The van der Waals surface area contributed by atoms with Crippen LogP contribution in [0.2, 0.25) is 0 Å². The summed E-state index contributed by atoms with van der Waals surface area (Å²) >= 11 is 1.31. The number of aromatic nitrogens is 2. The summed E-state index contributed by atoms with van der Waals surface area (Å²) < 4.78 is 27.4. The van der Waals surface area contributed by atoms with Crippen molar-refractivity contribution in [3.63, 3.8) is 0 Å². The van der Waals surface area contributed by atoms with Gasteiger partial charge in [0.2, 0.25) is 5.91 Å². The van der Waals surface area contributed by atoms with Crippen molar-refractivity contribution in [2.75, 3.05) is 11.1 Å². The molecule has 1 unspecified atom stereocenters. The number of rotatable bonds is 2. The number of fused-ring (bicyclic) bond motifs is 1. The number of amides is 1. The molecule has 2 heterocycles. The number of halogens is 2. The van der Waals surface area contributed by atoms with Crippen LogP contribution >= 0.6 is 11.8 Å². The molecule has 1 N–H and O–H groups in total. The molecule has 0 radical (unpaired) electrons. The predicted octanol–water partition coefficient (Wildman–Crippen LogP) is 1.88. The molecule has 22 heavy (non-hydrogen) atoms. The zero-order chi connectivity index (χ0) is 15.7. The minimum atomic E-state index is -1.03. The molecule has 0 saturated carbocycles. The Morgan fingerprint density at radius 3 is 2.91 bits per heavy atom. The third kappa shape index (κ3) is 2.87. The first-order valence-electron chi connectivity index (χ1n) is 6.49. The number of benzene rings is 1. The maximum absolute atomic E-state index is 13.1. The molecule has 1 atom stereocenters. The Kier molecular flexibility index (Phi) is 3.93. The van der Waals surface area contributed by atoms with E-state index < -0.39 is 17.6 Å². The van der Waals surface area contributed by atoms with Crippen LogP contribution in [0.4, 0.5) is 14.5 Å². The lowest BCUT2D eigenvalue weighted by atomic mass is 10.1. The summed E-state index contributed by atoms with van der Waals surface area (Å²) in [5, 5.41) is 3.11. The summed E-state index contributed by atoms with van der Waals surface area (Å²) in [4.78, 5) is 28.0. The van der Waals surface area contributed by atoms with E-state index in [-0.39, 0.29) is 23.7 Å². The van der Waals surface area contributed by atoms with Crippen molar-refractivity contribution < 1.29 is 13.6 Å². The second-order valence-corrected chi connectivity index (χ2v) is 5.79. The van der Waals surface area contributed by atoms with Crippen LogP contribution in [-0.4, -0.2) is 21.2 Å². The van der Waals surface area contributed by atoms with Crippen LogP contribution in [0.5, 0.6) is 0 Å². The van der Waals surface area contributed by atoms with E-state index in [1.807, 2.05) is 0 Å². The summed E-state index contributed by atoms with van der Waals surface area (Å²) in [6.07, 6.45) is 1.43. The summed E-state index contributed by atoms with van der Waals surface area (Å²) in [5.74, 6) is -2.34. The van der Waals surface area contributed by atoms with Gasteiger partial charge >= 0.3 is 0 Å². The Morgan fingerprint density at radius 2 is 2.14 bits per heavy atom. The number of carbonyl (C=O) groups is 1. The monoisotopic (exact) mass is 323 g/mol. The fraction of sp³-hybridized carbons (Fsp3) is 0.214. The Labute approximate surface area is 128 Å². The Hall–Kier alpha value is -2.22. The van der Waals surface area contributed by atoms with Crippen LogP contribution in [-0.2, 0) is 11.3 Å². The SMILES string of the molecule is O=C(Nc1ccc(F)c(F)c1)C1CSc2nccc(=O)n2C1. The van der Waals surface area contributed by atoms with Crippen molar-refractivity contribution in [2.45, 2.75) is 11.7 Å². The summed E-state index contributed by atoms with van der Waals surface area (Å²) in [6.45, 7) is 0.213. The van der Waals surface area contributed by atoms with Crippen LogP contribution in [0.3, 0.4) is 0 Å². The van der Waals surface area contributed by atoms with Crippen LogP contribution in [0.25, 0.3) is 0 Å². The van der Waals surface area contributed by atoms with Crippen molar-refractivity contribution in [3.8, 4) is 0 Å². The van der Waals surface area contributed by atoms with Gasteiger partial charge in [-0.2, -0.15) is 0 Å². The summed E-state index contributed by atoms with van der Waals surface area (Å²) in [7, 11) is 0. The standard InChI is InChI=1S/C14H11F2N3O2S/c15-10-2-1-9(5-11(10)16)18-13(21)8-6-19-12(20)3-4-17-14(19)22-7-8/h1-5,8H,6-7H2,(H,18,21). The number of nitrogens with zero attached hydrogens (tertiary/aromatic N) is 2. The third-order valence-electron chi connectivity index (χ3n) is 3.27.